The summed E-state index contributed by atoms with van der Waals surface area (Å²) in [7, 11) is 1.62. The standard InChI is InChI=1S/C23H29N5O2/c1-5-23(3,13-7-8-16-9-11-18(24)15-21(16)30-4)19-14-17(22(29)27-28-25)10-12-20(19)26-6-2/h7-12,14-15,26H,5-6,13,24H2,1-4H3/b8-7+. The molecule has 30 heavy (non-hydrogen) atoms. The molecule has 0 bridgehead atoms. The molecular weight excluding hydrogens is 378 g/mol. The summed E-state index contributed by atoms with van der Waals surface area (Å²) in [5.41, 5.74) is 18.2. The van der Waals surface area contributed by atoms with Gasteiger partial charge in [-0.15, -0.1) is 0 Å². The fraction of sp³-hybridized carbons (Fsp3) is 0.348. The van der Waals surface area contributed by atoms with Crippen molar-refractivity contribution >= 4 is 23.4 Å². The lowest BCUT2D eigenvalue weighted by Crippen LogP contribution is -2.22. The van der Waals surface area contributed by atoms with Gasteiger partial charge in [0, 0.05) is 40.0 Å². The molecule has 0 spiro atoms. The number of anilines is 2. The number of nitrogens with two attached hydrogens (primary N) is 1. The van der Waals surface area contributed by atoms with Crippen molar-refractivity contribution in [2.75, 3.05) is 24.7 Å². The molecule has 0 saturated heterocycles. The van der Waals surface area contributed by atoms with Gasteiger partial charge >= 0.3 is 0 Å². The predicted molar refractivity (Wildman–Crippen MR) is 123 cm³/mol. The molecule has 1 atom stereocenters. The average molecular weight is 408 g/mol. The van der Waals surface area contributed by atoms with E-state index < -0.39 is 5.91 Å². The number of nitrogen functional groups attached to an aromatic ring is 1. The molecule has 1 amide bonds. The second-order valence-electron chi connectivity index (χ2n) is 7.31. The van der Waals surface area contributed by atoms with Crippen molar-refractivity contribution in [1.82, 2.24) is 0 Å². The molecule has 2 rings (SSSR count). The van der Waals surface area contributed by atoms with Crippen molar-refractivity contribution in [3.8, 4) is 5.75 Å². The molecule has 0 aliphatic carbocycles. The zero-order chi connectivity index (χ0) is 22.1. The number of hydrogen-bond donors (Lipinski definition) is 2. The lowest BCUT2D eigenvalue weighted by atomic mass is 9.75. The van der Waals surface area contributed by atoms with Crippen LogP contribution in [0.25, 0.3) is 16.5 Å². The number of rotatable bonds is 9. The van der Waals surface area contributed by atoms with E-state index in [0.717, 1.165) is 42.0 Å². The SMILES string of the molecule is CCNc1ccc(C(=O)N=[N+]=[N-])cc1C(C)(CC)C/C=C/c1ccc(N)cc1OC. The van der Waals surface area contributed by atoms with Gasteiger partial charge in [0.1, 0.15) is 5.75 Å². The maximum Gasteiger partial charge on any atom is 0.249 e. The lowest BCUT2D eigenvalue weighted by Gasteiger charge is -2.30. The van der Waals surface area contributed by atoms with E-state index in [1.165, 1.54) is 0 Å². The zero-order valence-corrected chi connectivity index (χ0v) is 18.0. The molecule has 2 aromatic carbocycles. The Balaban J connectivity index is 2.41. The van der Waals surface area contributed by atoms with E-state index in [1.807, 2.05) is 37.3 Å². The smallest absolute Gasteiger partial charge is 0.249 e. The van der Waals surface area contributed by atoms with Crippen LogP contribution in [-0.2, 0) is 5.41 Å². The number of allylic oxidation sites excluding steroid dienone is 1. The van der Waals surface area contributed by atoms with Gasteiger partial charge in [-0.25, -0.2) is 0 Å². The van der Waals surface area contributed by atoms with E-state index in [9.17, 15) is 4.79 Å². The Hall–Kier alpha value is -3.44. The topological polar surface area (TPSA) is 113 Å². The molecular formula is C23H29N5O2. The van der Waals surface area contributed by atoms with Gasteiger partial charge in [-0.05, 0) is 71.7 Å². The number of amides is 1. The largest absolute Gasteiger partial charge is 0.496 e. The van der Waals surface area contributed by atoms with Crippen LogP contribution in [0.15, 0.2) is 47.6 Å². The highest BCUT2D eigenvalue weighted by Crippen LogP contribution is 2.38. The number of azide groups is 1. The van der Waals surface area contributed by atoms with E-state index >= 15 is 0 Å². The Kier molecular flexibility index (Phi) is 7.90. The number of carbonyl (C=O) groups is 1. The summed E-state index contributed by atoms with van der Waals surface area (Å²) < 4.78 is 5.42. The van der Waals surface area contributed by atoms with Gasteiger partial charge in [0.25, 0.3) is 0 Å². The van der Waals surface area contributed by atoms with E-state index in [1.54, 1.807) is 19.2 Å². The van der Waals surface area contributed by atoms with Gasteiger partial charge in [0.15, 0.2) is 0 Å². The van der Waals surface area contributed by atoms with E-state index in [4.69, 9.17) is 16.0 Å². The van der Waals surface area contributed by atoms with Crippen molar-refractivity contribution in [2.24, 2.45) is 5.11 Å². The van der Waals surface area contributed by atoms with Crippen LogP contribution in [0.4, 0.5) is 11.4 Å². The fourth-order valence-corrected chi connectivity index (χ4v) is 3.38. The number of benzene rings is 2. The minimum atomic E-state index is -0.581. The first-order chi connectivity index (χ1) is 14.4. The summed E-state index contributed by atoms with van der Waals surface area (Å²) in [4.78, 5) is 14.7. The minimum absolute atomic E-state index is 0.234. The summed E-state index contributed by atoms with van der Waals surface area (Å²) in [6.07, 6.45) is 5.73. The second kappa shape index (κ2) is 10.4. The summed E-state index contributed by atoms with van der Waals surface area (Å²) in [5.74, 6) is 0.141. The lowest BCUT2D eigenvalue weighted by molar-refractivity contribution is 0.1000. The molecule has 2 aromatic rings. The predicted octanol–water partition coefficient (Wildman–Crippen LogP) is 5.93. The summed E-state index contributed by atoms with van der Waals surface area (Å²) in [6, 6.07) is 11.0. The normalized spacial score (nSPS) is 12.8. The molecule has 0 aliphatic rings. The summed E-state index contributed by atoms with van der Waals surface area (Å²) in [5, 5.41) is 6.60. The van der Waals surface area contributed by atoms with Gasteiger partial charge in [-0.1, -0.05) is 26.0 Å². The van der Waals surface area contributed by atoms with Crippen LogP contribution in [0.2, 0.25) is 0 Å². The van der Waals surface area contributed by atoms with Crippen molar-refractivity contribution in [2.45, 2.75) is 39.0 Å². The third-order valence-electron chi connectivity index (χ3n) is 5.32. The first-order valence-corrected chi connectivity index (χ1v) is 9.96. The Morgan fingerprint density at radius 2 is 2.07 bits per heavy atom. The van der Waals surface area contributed by atoms with Gasteiger partial charge in [-0.2, -0.15) is 0 Å². The van der Waals surface area contributed by atoms with Crippen molar-refractivity contribution < 1.29 is 9.53 Å². The van der Waals surface area contributed by atoms with Gasteiger partial charge in [-0.3, -0.25) is 4.79 Å². The molecule has 1 unspecified atom stereocenters. The number of methoxy groups -OCH3 is 1. The molecule has 3 N–H and O–H groups in total. The van der Waals surface area contributed by atoms with Crippen LogP contribution < -0.4 is 15.8 Å². The maximum absolute atomic E-state index is 12.1. The molecule has 0 heterocycles. The minimum Gasteiger partial charge on any atom is -0.496 e. The highest BCUT2D eigenvalue weighted by atomic mass is 16.5. The van der Waals surface area contributed by atoms with Gasteiger partial charge < -0.3 is 15.8 Å². The van der Waals surface area contributed by atoms with Crippen LogP contribution in [0, 0.1) is 0 Å². The first-order valence-electron chi connectivity index (χ1n) is 9.96. The number of carbonyl (C=O) groups excluding carboxylic acids is 1. The van der Waals surface area contributed by atoms with E-state index in [2.05, 4.69) is 35.3 Å². The van der Waals surface area contributed by atoms with Crippen LogP contribution in [0.5, 0.6) is 5.75 Å². The molecule has 0 aliphatic heterocycles. The number of nitrogens with zero attached hydrogens (tertiary/aromatic N) is 3. The highest BCUT2D eigenvalue weighted by molar-refractivity contribution is 5.95. The monoisotopic (exact) mass is 407 g/mol. The molecule has 0 fully saturated rings. The molecule has 7 nitrogen and oxygen atoms in total. The zero-order valence-electron chi connectivity index (χ0n) is 18.0. The van der Waals surface area contributed by atoms with Crippen LogP contribution >= 0.6 is 0 Å². The molecule has 158 valence electrons. The van der Waals surface area contributed by atoms with Crippen LogP contribution in [0.3, 0.4) is 0 Å². The number of nitrogens with one attached hydrogen (secondary N) is 1. The number of ether oxygens (including phenoxy) is 1. The Morgan fingerprint density at radius 1 is 1.30 bits per heavy atom. The van der Waals surface area contributed by atoms with E-state index in [0.29, 0.717) is 11.3 Å². The Morgan fingerprint density at radius 3 is 2.70 bits per heavy atom. The van der Waals surface area contributed by atoms with Gasteiger partial charge in [0.2, 0.25) is 5.91 Å². The second-order valence-corrected chi connectivity index (χ2v) is 7.31. The fourth-order valence-electron chi connectivity index (χ4n) is 3.38. The van der Waals surface area contributed by atoms with E-state index in [-0.39, 0.29) is 5.41 Å². The quantitative estimate of drug-likeness (QED) is 0.232. The van der Waals surface area contributed by atoms with Crippen molar-refractivity contribution in [3.05, 3.63) is 69.6 Å². The van der Waals surface area contributed by atoms with Crippen molar-refractivity contribution in [3.63, 3.8) is 0 Å². The molecule has 0 radical (unpaired) electrons. The highest BCUT2D eigenvalue weighted by Gasteiger charge is 2.27. The number of hydrogen-bond acceptors (Lipinski definition) is 4. The summed E-state index contributed by atoms with van der Waals surface area (Å²) in [6.45, 7) is 7.07. The van der Waals surface area contributed by atoms with Crippen LogP contribution in [0.1, 0.15) is 55.1 Å². The summed E-state index contributed by atoms with van der Waals surface area (Å²) >= 11 is 0. The Labute approximate surface area is 177 Å². The third kappa shape index (κ3) is 5.33. The average Bonchev–Trinajstić information content (AvgIpc) is 2.75. The maximum atomic E-state index is 12.1. The molecule has 7 heteroatoms. The van der Waals surface area contributed by atoms with Gasteiger partial charge in [0.05, 0.1) is 7.11 Å². The van der Waals surface area contributed by atoms with Crippen molar-refractivity contribution in [1.29, 1.82) is 0 Å². The molecule has 0 aromatic heterocycles. The first kappa shape index (κ1) is 22.8. The molecule has 0 saturated carbocycles. The third-order valence-corrected chi connectivity index (χ3v) is 5.32. The Bertz CT molecular complexity index is 980. The van der Waals surface area contributed by atoms with Crippen LogP contribution in [-0.4, -0.2) is 19.6 Å².